The van der Waals surface area contributed by atoms with E-state index in [2.05, 4.69) is 19.1 Å². The zero-order valence-electron chi connectivity index (χ0n) is 9.93. The molecule has 0 radical (unpaired) electrons. The first kappa shape index (κ1) is 13.1. The maximum atomic E-state index is 11.0. The van der Waals surface area contributed by atoms with Crippen LogP contribution in [0.15, 0.2) is 24.3 Å². The first-order valence-electron chi connectivity index (χ1n) is 5.41. The summed E-state index contributed by atoms with van der Waals surface area (Å²) in [7, 11) is 0. The number of carboxylic acid groups (broad SMARTS) is 1. The lowest BCUT2D eigenvalue weighted by Crippen LogP contribution is -2.22. The molecule has 0 amide bonds. The quantitative estimate of drug-likeness (QED) is 0.855. The molecular formula is C13H18O2S. The summed E-state index contributed by atoms with van der Waals surface area (Å²) in [4.78, 5) is 11.0. The van der Waals surface area contributed by atoms with Crippen molar-refractivity contribution in [1.82, 2.24) is 0 Å². The Morgan fingerprint density at radius 3 is 2.50 bits per heavy atom. The van der Waals surface area contributed by atoms with Crippen molar-refractivity contribution < 1.29 is 9.90 Å². The lowest BCUT2D eigenvalue weighted by molar-refractivity contribution is -0.137. The van der Waals surface area contributed by atoms with Gasteiger partial charge >= 0.3 is 5.97 Å². The van der Waals surface area contributed by atoms with Crippen LogP contribution >= 0.6 is 11.8 Å². The van der Waals surface area contributed by atoms with Crippen LogP contribution in [0, 0.1) is 12.8 Å². The van der Waals surface area contributed by atoms with Gasteiger partial charge in [-0.25, -0.2) is 0 Å². The molecule has 0 saturated heterocycles. The number of thioether (sulfide) groups is 1. The standard InChI is InChI=1S/C13H18O2S/c1-9(2)12(13(14)15)16-8-11-7-5-4-6-10(11)3/h4-7,9,12H,8H2,1-3H3,(H,14,15). The van der Waals surface area contributed by atoms with E-state index < -0.39 is 5.97 Å². The molecule has 0 fully saturated rings. The number of carbonyl (C=O) groups is 1. The van der Waals surface area contributed by atoms with E-state index in [1.165, 1.54) is 22.9 Å². The molecule has 0 aromatic heterocycles. The summed E-state index contributed by atoms with van der Waals surface area (Å²) in [5, 5.41) is 8.75. The van der Waals surface area contributed by atoms with Crippen molar-refractivity contribution in [3.63, 3.8) is 0 Å². The first-order chi connectivity index (χ1) is 7.52. The number of aliphatic carboxylic acids is 1. The summed E-state index contributed by atoms with van der Waals surface area (Å²) in [5.41, 5.74) is 2.45. The van der Waals surface area contributed by atoms with Gasteiger partial charge in [0.15, 0.2) is 0 Å². The summed E-state index contributed by atoms with van der Waals surface area (Å²) in [5.74, 6) is 0.210. The average molecular weight is 238 g/mol. The van der Waals surface area contributed by atoms with E-state index in [0.717, 1.165) is 5.75 Å². The lowest BCUT2D eigenvalue weighted by Gasteiger charge is -2.16. The average Bonchev–Trinajstić information content (AvgIpc) is 2.20. The number of benzene rings is 1. The molecular weight excluding hydrogens is 220 g/mol. The van der Waals surface area contributed by atoms with Crippen molar-refractivity contribution in [2.45, 2.75) is 31.8 Å². The van der Waals surface area contributed by atoms with Gasteiger partial charge < -0.3 is 5.11 Å². The van der Waals surface area contributed by atoms with Crippen LogP contribution in [0.3, 0.4) is 0 Å². The Hall–Kier alpha value is -0.960. The van der Waals surface area contributed by atoms with Gasteiger partial charge in [0.1, 0.15) is 5.25 Å². The van der Waals surface area contributed by atoms with Crippen LogP contribution in [-0.2, 0) is 10.5 Å². The van der Waals surface area contributed by atoms with Gasteiger partial charge in [0.2, 0.25) is 0 Å². The van der Waals surface area contributed by atoms with Gasteiger partial charge in [-0.1, -0.05) is 38.1 Å². The van der Waals surface area contributed by atoms with Crippen LogP contribution in [0.4, 0.5) is 0 Å². The topological polar surface area (TPSA) is 37.3 Å². The Morgan fingerprint density at radius 2 is 2.00 bits per heavy atom. The summed E-state index contributed by atoms with van der Waals surface area (Å²) in [6, 6.07) is 8.11. The molecule has 0 saturated carbocycles. The Bertz CT molecular complexity index is 361. The highest BCUT2D eigenvalue weighted by atomic mass is 32.2. The number of hydrogen-bond acceptors (Lipinski definition) is 2. The third-order valence-electron chi connectivity index (χ3n) is 2.53. The van der Waals surface area contributed by atoms with E-state index >= 15 is 0 Å². The van der Waals surface area contributed by atoms with Crippen LogP contribution in [0.5, 0.6) is 0 Å². The van der Waals surface area contributed by atoms with Gasteiger partial charge in [-0.3, -0.25) is 4.79 Å². The highest BCUT2D eigenvalue weighted by Gasteiger charge is 2.21. The molecule has 16 heavy (non-hydrogen) atoms. The van der Waals surface area contributed by atoms with Gasteiger partial charge in [0, 0.05) is 5.75 Å². The SMILES string of the molecule is Cc1ccccc1CSC(C(=O)O)C(C)C. The van der Waals surface area contributed by atoms with Crippen molar-refractivity contribution in [2.24, 2.45) is 5.92 Å². The minimum atomic E-state index is -0.714. The predicted octanol–water partition coefficient (Wildman–Crippen LogP) is 3.34. The third-order valence-corrected chi connectivity index (χ3v) is 4.11. The summed E-state index contributed by atoms with van der Waals surface area (Å²) < 4.78 is 0. The van der Waals surface area contributed by atoms with Crippen molar-refractivity contribution in [3.05, 3.63) is 35.4 Å². The maximum Gasteiger partial charge on any atom is 0.316 e. The Kier molecular flexibility index (Phi) is 4.87. The summed E-state index contributed by atoms with van der Waals surface area (Å²) in [6.07, 6.45) is 0. The van der Waals surface area contributed by atoms with Crippen LogP contribution < -0.4 is 0 Å². The normalized spacial score (nSPS) is 12.8. The fourth-order valence-corrected chi connectivity index (χ4v) is 2.71. The van der Waals surface area contributed by atoms with Crippen molar-refractivity contribution in [2.75, 3.05) is 0 Å². The molecule has 1 rings (SSSR count). The van der Waals surface area contributed by atoms with Crippen LogP contribution in [-0.4, -0.2) is 16.3 Å². The Balaban J connectivity index is 2.63. The Morgan fingerprint density at radius 1 is 1.38 bits per heavy atom. The molecule has 1 aromatic rings. The fraction of sp³-hybridized carbons (Fsp3) is 0.462. The zero-order valence-corrected chi connectivity index (χ0v) is 10.8. The molecule has 0 aliphatic heterocycles. The van der Waals surface area contributed by atoms with Gasteiger partial charge in [0.25, 0.3) is 0 Å². The lowest BCUT2D eigenvalue weighted by atomic mass is 10.1. The van der Waals surface area contributed by atoms with E-state index in [1.54, 1.807) is 0 Å². The van der Waals surface area contributed by atoms with Gasteiger partial charge in [-0.15, -0.1) is 11.8 Å². The van der Waals surface area contributed by atoms with Gasteiger partial charge in [-0.2, -0.15) is 0 Å². The smallest absolute Gasteiger partial charge is 0.316 e. The first-order valence-corrected chi connectivity index (χ1v) is 6.46. The number of carboxylic acids is 1. The van der Waals surface area contributed by atoms with E-state index in [4.69, 9.17) is 5.11 Å². The van der Waals surface area contributed by atoms with E-state index in [-0.39, 0.29) is 11.2 Å². The van der Waals surface area contributed by atoms with Crippen molar-refractivity contribution in [1.29, 1.82) is 0 Å². The third kappa shape index (κ3) is 3.56. The van der Waals surface area contributed by atoms with E-state index in [9.17, 15) is 4.79 Å². The number of aryl methyl sites for hydroxylation is 1. The minimum Gasteiger partial charge on any atom is -0.480 e. The second-order valence-corrected chi connectivity index (χ2v) is 5.37. The second-order valence-electron chi connectivity index (χ2n) is 4.24. The Labute approximate surface area is 101 Å². The fourth-order valence-electron chi connectivity index (χ4n) is 1.50. The predicted molar refractivity (Wildman–Crippen MR) is 68.7 cm³/mol. The van der Waals surface area contributed by atoms with Crippen LogP contribution in [0.25, 0.3) is 0 Å². The molecule has 1 aromatic carbocycles. The van der Waals surface area contributed by atoms with Gasteiger partial charge in [-0.05, 0) is 24.0 Å². The highest BCUT2D eigenvalue weighted by molar-refractivity contribution is 7.99. The molecule has 0 aliphatic carbocycles. The minimum absolute atomic E-state index is 0.159. The number of hydrogen-bond donors (Lipinski definition) is 1. The largest absolute Gasteiger partial charge is 0.480 e. The molecule has 88 valence electrons. The number of rotatable bonds is 5. The molecule has 2 nitrogen and oxygen atoms in total. The van der Waals surface area contributed by atoms with Crippen molar-refractivity contribution >= 4 is 17.7 Å². The molecule has 0 heterocycles. The van der Waals surface area contributed by atoms with E-state index in [0.29, 0.717) is 0 Å². The van der Waals surface area contributed by atoms with Crippen LogP contribution in [0.2, 0.25) is 0 Å². The summed E-state index contributed by atoms with van der Waals surface area (Å²) >= 11 is 1.51. The van der Waals surface area contributed by atoms with Crippen LogP contribution in [0.1, 0.15) is 25.0 Å². The molecule has 1 atom stereocenters. The molecule has 1 N–H and O–H groups in total. The van der Waals surface area contributed by atoms with E-state index in [1.807, 2.05) is 26.0 Å². The zero-order chi connectivity index (χ0) is 12.1. The maximum absolute atomic E-state index is 11.0. The molecule has 0 aliphatic rings. The molecule has 0 spiro atoms. The molecule has 3 heteroatoms. The second kappa shape index (κ2) is 5.94. The monoisotopic (exact) mass is 238 g/mol. The highest BCUT2D eigenvalue weighted by Crippen LogP contribution is 2.25. The summed E-state index contributed by atoms with van der Waals surface area (Å²) in [6.45, 7) is 5.95. The van der Waals surface area contributed by atoms with Gasteiger partial charge in [0.05, 0.1) is 0 Å². The molecule has 0 bridgehead atoms. The molecule has 1 unspecified atom stereocenters. The van der Waals surface area contributed by atoms with Crippen molar-refractivity contribution in [3.8, 4) is 0 Å².